The van der Waals surface area contributed by atoms with Gasteiger partial charge in [-0.1, -0.05) is 103 Å². The second-order valence-corrected chi connectivity index (χ2v) is 12.4. The smallest absolute Gasteiger partial charge is 0.407 e. The summed E-state index contributed by atoms with van der Waals surface area (Å²) in [5.41, 5.74) is 0. The van der Waals surface area contributed by atoms with E-state index >= 15 is 0 Å². The van der Waals surface area contributed by atoms with Gasteiger partial charge in [-0.15, -0.1) is 0 Å². The van der Waals surface area contributed by atoms with Gasteiger partial charge in [0.25, 0.3) is 0 Å². The lowest BCUT2D eigenvalue weighted by atomic mass is 9.96. The van der Waals surface area contributed by atoms with Crippen LogP contribution in [0, 0.1) is 10.1 Å². The Kier molecular flexibility index (Phi) is 22.9. The van der Waals surface area contributed by atoms with Gasteiger partial charge in [-0.05, 0) is 33.5 Å². The van der Waals surface area contributed by atoms with Crippen molar-refractivity contribution in [3.05, 3.63) is 10.1 Å². The van der Waals surface area contributed by atoms with Gasteiger partial charge in [0.2, 0.25) is 6.04 Å². The van der Waals surface area contributed by atoms with E-state index in [1.165, 1.54) is 89.9 Å². The predicted molar refractivity (Wildman–Crippen MR) is 171 cm³/mol. The third-order valence-electron chi connectivity index (χ3n) is 8.29. The fourth-order valence-electron chi connectivity index (χ4n) is 5.66. The van der Waals surface area contributed by atoms with Crippen molar-refractivity contribution in [1.82, 2.24) is 20.4 Å². The molecule has 1 aliphatic rings. The van der Waals surface area contributed by atoms with Crippen molar-refractivity contribution in [1.29, 1.82) is 0 Å². The van der Waals surface area contributed by atoms with E-state index in [9.17, 15) is 19.7 Å². The SMILES string of the molecule is CCCCCCCCCCCCCCCCCCNC(=O)N1CCC([N+](=O)[O-])CC1CCOC(=O)NCCCN(C)C. The molecule has 1 rings (SSSR count). The molecule has 42 heavy (non-hydrogen) atoms. The molecule has 2 atom stereocenters. The Morgan fingerprint density at radius 1 is 0.833 bits per heavy atom. The standard InChI is InChI=1S/C32H63N5O5/c1-4-5-6-7-8-9-10-11-12-13-14-15-16-17-18-19-23-33-31(38)36-26-21-30(37(40)41)28-29(36)22-27-42-32(39)34-24-20-25-35(2)3/h29-30H,4-28H2,1-3H3,(H,33,38)(H,34,39). The van der Waals surface area contributed by atoms with Crippen LogP contribution >= 0.6 is 0 Å². The van der Waals surface area contributed by atoms with E-state index in [1.807, 2.05) is 19.0 Å². The molecule has 0 bridgehead atoms. The van der Waals surface area contributed by atoms with Gasteiger partial charge in [-0.25, -0.2) is 9.59 Å². The van der Waals surface area contributed by atoms with Gasteiger partial charge in [-0.2, -0.15) is 0 Å². The van der Waals surface area contributed by atoms with Crippen molar-refractivity contribution in [3.63, 3.8) is 0 Å². The zero-order valence-corrected chi connectivity index (χ0v) is 27.2. The van der Waals surface area contributed by atoms with Gasteiger partial charge >= 0.3 is 12.1 Å². The summed E-state index contributed by atoms with van der Waals surface area (Å²) in [6.07, 6.45) is 22.3. The quantitative estimate of drug-likeness (QED) is 0.0656. The van der Waals surface area contributed by atoms with Crippen LogP contribution in [0.2, 0.25) is 0 Å². The molecule has 1 heterocycles. The van der Waals surface area contributed by atoms with Crippen LogP contribution in [0.3, 0.4) is 0 Å². The minimum Gasteiger partial charge on any atom is -0.449 e. The lowest BCUT2D eigenvalue weighted by Gasteiger charge is -2.36. The van der Waals surface area contributed by atoms with E-state index in [2.05, 4.69) is 17.6 Å². The Balaban J connectivity index is 2.14. The fourth-order valence-corrected chi connectivity index (χ4v) is 5.66. The molecule has 1 aliphatic heterocycles. The molecule has 0 aromatic carbocycles. The second kappa shape index (κ2) is 25.4. The zero-order valence-electron chi connectivity index (χ0n) is 27.2. The molecule has 0 saturated carbocycles. The number of nitro groups is 1. The van der Waals surface area contributed by atoms with Crippen molar-refractivity contribution in [2.24, 2.45) is 0 Å². The third kappa shape index (κ3) is 19.9. The molecule has 10 heteroatoms. The number of urea groups is 1. The van der Waals surface area contributed by atoms with Gasteiger partial charge in [0.05, 0.1) is 6.61 Å². The number of carbonyl (C=O) groups excluding carboxylic acids is 2. The summed E-state index contributed by atoms with van der Waals surface area (Å²) in [4.78, 5) is 39.7. The Morgan fingerprint density at radius 2 is 1.36 bits per heavy atom. The molecule has 0 radical (unpaired) electrons. The summed E-state index contributed by atoms with van der Waals surface area (Å²) in [5, 5.41) is 17.1. The van der Waals surface area contributed by atoms with Crippen molar-refractivity contribution < 1.29 is 19.2 Å². The Bertz CT molecular complexity index is 709. The van der Waals surface area contributed by atoms with Crippen LogP contribution in [0.15, 0.2) is 0 Å². The van der Waals surface area contributed by atoms with Crippen LogP contribution in [0.4, 0.5) is 9.59 Å². The van der Waals surface area contributed by atoms with Gasteiger partial charge in [0.1, 0.15) is 0 Å². The molecule has 1 saturated heterocycles. The van der Waals surface area contributed by atoms with Crippen molar-refractivity contribution >= 4 is 12.1 Å². The largest absolute Gasteiger partial charge is 0.449 e. The third-order valence-corrected chi connectivity index (χ3v) is 8.29. The molecule has 0 aromatic heterocycles. The number of unbranched alkanes of at least 4 members (excludes halogenated alkanes) is 15. The molecule has 0 aromatic rings. The van der Waals surface area contributed by atoms with Crippen LogP contribution in [0.25, 0.3) is 0 Å². The average Bonchev–Trinajstić information content (AvgIpc) is 2.96. The van der Waals surface area contributed by atoms with Crippen LogP contribution in [0.5, 0.6) is 0 Å². The molecular weight excluding hydrogens is 534 g/mol. The Morgan fingerprint density at radius 3 is 1.88 bits per heavy atom. The van der Waals surface area contributed by atoms with E-state index in [0.717, 1.165) is 25.8 Å². The van der Waals surface area contributed by atoms with Gasteiger partial charge in [0, 0.05) is 49.9 Å². The number of ether oxygens (including phenoxy) is 1. The molecule has 0 spiro atoms. The molecule has 3 amide bonds. The number of carbonyl (C=O) groups is 2. The van der Waals surface area contributed by atoms with Gasteiger partial charge in [0.15, 0.2) is 0 Å². The Hall–Kier alpha value is -2.10. The summed E-state index contributed by atoms with van der Waals surface area (Å²) < 4.78 is 5.28. The first-order valence-corrected chi connectivity index (χ1v) is 17.1. The molecule has 246 valence electrons. The first-order chi connectivity index (χ1) is 20.3. The van der Waals surface area contributed by atoms with E-state index < -0.39 is 12.1 Å². The van der Waals surface area contributed by atoms with E-state index in [1.54, 1.807) is 4.90 Å². The van der Waals surface area contributed by atoms with Crippen molar-refractivity contribution in [3.8, 4) is 0 Å². The van der Waals surface area contributed by atoms with Crippen LogP contribution in [0.1, 0.15) is 135 Å². The molecule has 2 unspecified atom stereocenters. The average molecular weight is 598 g/mol. The highest BCUT2D eigenvalue weighted by Gasteiger charge is 2.36. The minimum absolute atomic E-state index is 0.123. The molecule has 0 aliphatic carbocycles. The number of rotatable bonds is 25. The van der Waals surface area contributed by atoms with E-state index in [4.69, 9.17) is 4.74 Å². The number of hydrogen-bond donors (Lipinski definition) is 2. The highest BCUT2D eigenvalue weighted by molar-refractivity contribution is 5.74. The minimum atomic E-state index is -0.667. The number of nitrogens with one attached hydrogen (secondary N) is 2. The summed E-state index contributed by atoms with van der Waals surface area (Å²) in [6.45, 7) is 4.75. The number of amides is 3. The van der Waals surface area contributed by atoms with Crippen molar-refractivity contribution in [2.45, 2.75) is 147 Å². The lowest BCUT2D eigenvalue weighted by molar-refractivity contribution is -0.527. The second-order valence-electron chi connectivity index (χ2n) is 12.4. The number of alkyl carbamates (subject to hydrolysis) is 1. The van der Waals surface area contributed by atoms with Gasteiger partial charge in [-0.3, -0.25) is 10.1 Å². The summed E-state index contributed by atoms with van der Waals surface area (Å²) in [7, 11) is 3.95. The maximum absolute atomic E-state index is 12.9. The summed E-state index contributed by atoms with van der Waals surface area (Å²) in [5.74, 6) is 0. The number of nitrogens with zero attached hydrogens (tertiary/aromatic N) is 3. The van der Waals surface area contributed by atoms with Crippen LogP contribution < -0.4 is 10.6 Å². The lowest BCUT2D eigenvalue weighted by Crippen LogP contribution is -2.53. The maximum Gasteiger partial charge on any atom is 0.407 e. The maximum atomic E-state index is 12.9. The predicted octanol–water partition coefficient (Wildman–Crippen LogP) is 7.14. The summed E-state index contributed by atoms with van der Waals surface area (Å²) >= 11 is 0. The highest BCUT2D eigenvalue weighted by atomic mass is 16.6. The topological polar surface area (TPSA) is 117 Å². The van der Waals surface area contributed by atoms with E-state index in [-0.39, 0.29) is 30.0 Å². The molecular formula is C32H63N5O5. The Labute approximate surface area is 256 Å². The number of hydrogen-bond acceptors (Lipinski definition) is 6. The fraction of sp³-hybridized carbons (Fsp3) is 0.938. The zero-order chi connectivity index (χ0) is 30.8. The summed E-state index contributed by atoms with van der Waals surface area (Å²) in [6, 6.07) is -1.16. The first kappa shape index (κ1) is 37.9. The van der Waals surface area contributed by atoms with Crippen LogP contribution in [-0.4, -0.2) is 85.8 Å². The number of likely N-dealkylation sites (tertiary alicyclic amines) is 1. The number of piperidine rings is 1. The first-order valence-electron chi connectivity index (χ1n) is 17.1. The monoisotopic (exact) mass is 597 g/mol. The van der Waals surface area contributed by atoms with Crippen molar-refractivity contribution in [2.75, 3.05) is 46.9 Å². The molecule has 1 fully saturated rings. The van der Waals surface area contributed by atoms with Crippen LogP contribution in [-0.2, 0) is 4.74 Å². The van der Waals surface area contributed by atoms with Gasteiger partial charge < -0.3 is 25.2 Å². The molecule has 10 nitrogen and oxygen atoms in total. The van der Waals surface area contributed by atoms with E-state index in [0.29, 0.717) is 32.5 Å². The molecule has 2 N–H and O–H groups in total. The highest BCUT2D eigenvalue weighted by Crippen LogP contribution is 2.22. The normalized spacial score (nSPS) is 16.9.